The molecule has 1 N–H and O–H groups in total. The summed E-state index contributed by atoms with van der Waals surface area (Å²) in [5.74, 6) is 0. The summed E-state index contributed by atoms with van der Waals surface area (Å²) in [6, 6.07) is 8.21. The molecule has 1 heterocycles. The topological polar surface area (TPSA) is 24.9 Å². The molecule has 0 fully saturated rings. The van der Waals surface area contributed by atoms with E-state index in [4.69, 9.17) is 11.6 Å². The molecule has 0 saturated heterocycles. The third kappa shape index (κ3) is 3.28. The van der Waals surface area contributed by atoms with Crippen LogP contribution >= 0.6 is 22.9 Å². The van der Waals surface area contributed by atoms with Gasteiger partial charge in [-0.3, -0.25) is 4.98 Å². The van der Waals surface area contributed by atoms with Crippen LogP contribution in [0.15, 0.2) is 36.0 Å². The van der Waals surface area contributed by atoms with Crippen molar-refractivity contribution in [3.8, 4) is 0 Å². The third-order valence-electron chi connectivity index (χ3n) is 2.54. The van der Waals surface area contributed by atoms with Crippen LogP contribution in [0.2, 0.25) is 5.02 Å². The van der Waals surface area contributed by atoms with E-state index in [1.54, 1.807) is 11.3 Å². The lowest BCUT2D eigenvalue weighted by Crippen LogP contribution is -2.22. The summed E-state index contributed by atoms with van der Waals surface area (Å²) in [5.41, 5.74) is 3.10. The summed E-state index contributed by atoms with van der Waals surface area (Å²) in [4.78, 5) is 5.38. The van der Waals surface area contributed by atoms with Gasteiger partial charge in [0.2, 0.25) is 0 Å². The molecule has 90 valence electrons. The van der Waals surface area contributed by atoms with Crippen LogP contribution < -0.4 is 5.32 Å². The van der Waals surface area contributed by atoms with Gasteiger partial charge in [0, 0.05) is 16.1 Å². The molecule has 0 aliphatic heterocycles. The molecule has 2 aromatic rings. The Kier molecular flexibility index (Phi) is 4.54. The highest BCUT2D eigenvalue weighted by Gasteiger charge is 2.14. The molecule has 4 heteroatoms. The number of benzene rings is 1. The normalized spacial score (nSPS) is 12.6. The molecule has 0 saturated carbocycles. The van der Waals surface area contributed by atoms with Crippen LogP contribution in [0.25, 0.3) is 0 Å². The molecule has 0 amide bonds. The van der Waals surface area contributed by atoms with Gasteiger partial charge < -0.3 is 5.32 Å². The van der Waals surface area contributed by atoms with Crippen molar-refractivity contribution in [2.24, 2.45) is 0 Å². The largest absolute Gasteiger partial charge is 0.306 e. The molecule has 0 bridgehead atoms. The molecule has 0 radical (unpaired) electrons. The van der Waals surface area contributed by atoms with Crippen LogP contribution in [0.1, 0.15) is 29.8 Å². The van der Waals surface area contributed by atoms with E-state index in [0.717, 1.165) is 18.0 Å². The number of hydrogen-bond acceptors (Lipinski definition) is 3. The van der Waals surface area contributed by atoms with Gasteiger partial charge in [-0.05, 0) is 30.7 Å². The Balaban J connectivity index is 2.23. The number of thiazole rings is 1. The van der Waals surface area contributed by atoms with Crippen molar-refractivity contribution in [3.63, 3.8) is 0 Å². The Bertz CT molecular complexity index is 439. The zero-order valence-corrected chi connectivity index (χ0v) is 11.3. The number of nitrogens with zero attached hydrogens (tertiary/aromatic N) is 1. The highest BCUT2D eigenvalue weighted by molar-refractivity contribution is 7.09. The molecule has 1 aromatic carbocycles. The lowest BCUT2D eigenvalue weighted by Gasteiger charge is -2.17. The van der Waals surface area contributed by atoms with Gasteiger partial charge in [-0.1, -0.05) is 30.7 Å². The van der Waals surface area contributed by atoms with Gasteiger partial charge >= 0.3 is 0 Å². The predicted molar refractivity (Wildman–Crippen MR) is 73.7 cm³/mol. The van der Waals surface area contributed by atoms with Crippen LogP contribution in [-0.4, -0.2) is 11.5 Å². The summed E-state index contributed by atoms with van der Waals surface area (Å²) in [6.07, 6.45) is 3.04. The van der Waals surface area contributed by atoms with E-state index >= 15 is 0 Å². The fourth-order valence-electron chi connectivity index (χ4n) is 1.69. The lowest BCUT2D eigenvalue weighted by molar-refractivity contribution is 0.605. The van der Waals surface area contributed by atoms with Gasteiger partial charge in [0.1, 0.15) is 0 Å². The van der Waals surface area contributed by atoms with Crippen molar-refractivity contribution in [2.45, 2.75) is 19.4 Å². The van der Waals surface area contributed by atoms with E-state index in [1.807, 2.05) is 23.8 Å². The molecule has 0 aliphatic rings. The maximum Gasteiger partial charge on any atom is 0.0794 e. The average molecular weight is 267 g/mol. The third-order valence-corrected chi connectivity index (χ3v) is 3.63. The molecular formula is C13H15ClN2S. The fourth-order valence-corrected chi connectivity index (χ4v) is 2.54. The highest BCUT2D eigenvalue weighted by atomic mass is 35.5. The summed E-state index contributed by atoms with van der Waals surface area (Å²) in [5, 5.41) is 4.31. The zero-order valence-electron chi connectivity index (χ0n) is 9.69. The Morgan fingerprint density at radius 2 is 2.12 bits per heavy atom. The van der Waals surface area contributed by atoms with Crippen molar-refractivity contribution in [1.82, 2.24) is 10.3 Å². The van der Waals surface area contributed by atoms with Gasteiger partial charge in [-0.15, -0.1) is 11.3 Å². The molecule has 1 unspecified atom stereocenters. The van der Waals surface area contributed by atoms with Crippen molar-refractivity contribution >= 4 is 22.9 Å². The van der Waals surface area contributed by atoms with Crippen molar-refractivity contribution in [1.29, 1.82) is 0 Å². The van der Waals surface area contributed by atoms with Crippen molar-refractivity contribution in [2.75, 3.05) is 6.54 Å². The molecule has 1 atom stereocenters. The summed E-state index contributed by atoms with van der Waals surface area (Å²) in [7, 11) is 0. The van der Waals surface area contributed by atoms with Gasteiger partial charge in [0.15, 0.2) is 0 Å². The van der Waals surface area contributed by atoms with E-state index in [0.29, 0.717) is 0 Å². The van der Waals surface area contributed by atoms with E-state index < -0.39 is 0 Å². The molecule has 0 spiro atoms. The van der Waals surface area contributed by atoms with Gasteiger partial charge in [-0.2, -0.15) is 0 Å². The minimum atomic E-state index is 0.222. The molecule has 17 heavy (non-hydrogen) atoms. The van der Waals surface area contributed by atoms with Crippen LogP contribution in [0, 0.1) is 0 Å². The van der Waals surface area contributed by atoms with Gasteiger partial charge in [0.25, 0.3) is 0 Å². The molecule has 0 aliphatic carbocycles. The number of rotatable bonds is 5. The first-order valence-electron chi connectivity index (χ1n) is 5.68. The number of hydrogen-bond donors (Lipinski definition) is 1. The molecule has 1 aromatic heterocycles. The first kappa shape index (κ1) is 12.6. The van der Waals surface area contributed by atoms with Gasteiger partial charge in [-0.25, -0.2) is 0 Å². The smallest absolute Gasteiger partial charge is 0.0794 e. The monoisotopic (exact) mass is 266 g/mol. The standard InChI is InChI=1S/C13H15ClN2S/c1-2-7-16-13(12-8-15-9-17-12)10-3-5-11(14)6-4-10/h3-6,8-9,13,16H,2,7H2,1H3. The second kappa shape index (κ2) is 6.15. The van der Waals surface area contributed by atoms with E-state index in [1.165, 1.54) is 10.4 Å². The van der Waals surface area contributed by atoms with Crippen LogP contribution in [-0.2, 0) is 0 Å². The van der Waals surface area contributed by atoms with Crippen LogP contribution in [0.4, 0.5) is 0 Å². The second-order valence-electron chi connectivity index (χ2n) is 3.84. The SMILES string of the molecule is CCCNC(c1ccc(Cl)cc1)c1cncs1. The highest BCUT2D eigenvalue weighted by Crippen LogP contribution is 2.25. The minimum Gasteiger partial charge on any atom is -0.306 e. The second-order valence-corrected chi connectivity index (χ2v) is 5.20. The van der Waals surface area contributed by atoms with Crippen molar-refractivity contribution < 1.29 is 0 Å². The number of halogens is 1. The number of nitrogens with one attached hydrogen (secondary N) is 1. The Morgan fingerprint density at radius 3 is 2.71 bits per heavy atom. The van der Waals surface area contributed by atoms with E-state index in [2.05, 4.69) is 29.4 Å². The van der Waals surface area contributed by atoms with Crippen LogP contribution in [0.5, 0.6) is 0 Å². The molecular weight excluding hydrogens is 252 g/mol. The molecule has 2 nitrogen and oxygen atoms in total. The summed E-state index contributed by atoms with van der Waals surface area (Å²) >= 11 is 7.59. The Labute approximate surface area is 111 Å². The maximum atomic E-state index is 5.92. The Hall–Kier alpha value is -0.900. The minimum absolute atomic E-state index is 0.222. The van der Waals surface area contributed by atoms with Gasteiger partial charge in [0.05, 0.1) is 11.6 Å². The predicted octanol–water partition coefficient (Wildman–Crippen LogP) is 3.89. The summed E-state index contributed by atoms with van der Waals surface area (Å²) < 4.78 is 0. The number of aromatic nitrogens is 1. The Morgan fingerprint density at radius 1 is 1.35 bits per heavy atom. The first-order chi connectivity index (χ1) is 8.31. The van der Waals surface area contributed by atoms with Crippen molar-refractivity contribution in [3.05, 3.63) is 51.4 Å². The quantitative estimate of drug-likeness (QED) is 0.888. The van der Waals surface area contributed by atoms with Crippen LogP contribution in [0.3, 0.4) is 0 Å². The van der Waals surface area contributed by atoms with E-state index in [-0.39, 0.29) is 6.04 Å². The fraction of sp³-hybridized carbons (Fsp3) is 0.308. The maximum absolute atomic E-state index is 5.92. The first-order valence-corrected chi connectivity index (χ1v) is 6.94. The average Bonchev–Trinajstić information content (AvgIpc) is 2.85. The molecule has 2 rings (SSSR count). The van der Waals surface area contributed by atoms with E-state index in [9.17, 15) is 0 Å². The zero-order chi connectivity index (χ0) is 12.1. The lowest BCUT2D eigenvalue weighted by atomic mass is 10.1. The summed E-state index contributed by atoms with van der Waals surface area (Å²) in [6.45, 7) is 3.16.